The molecule has 1 aliphatic rings. The first-order valence-electron chi connectivity index (χ1n) is 6.77. The Kier molecular flexibility index (Phi) is 7.04. The third-order valence-electron chi connectivity index (χ3n) is 3.82. The van der Waals surface area contributed by atoms with E-state index >= 15 is 0 Å². The molecule has 2 atom stereocenters. The van der Waals surface area contributed by atoms with Gasteiger partial charge in [0.05, 0.1) is 6.61 Å². The van der Waals surface area contributed by atoms with Gasteiger partial charge in [0.2, 0.25) is 0 Å². The molecule has 17 heavy (non-hydrogen) atoms. The van der Waals surface area contributed by atoms with Gasteiger partial charge in [-0.2, -0.15) is 0 Å². The van der Waals surface area contributed by atoms with E-state index in [-0.39, 0.29) is 0 Å². The molecule has 2 N–H and O–H groups in total. The van der Waals surface area contributed by atoms with Crippen molar-refractivity contribution >= 4 is 0 Å². The number of ether oxygens (including phenoxy) is 2. The van der Waals surface area contributed by atoms with Gasteiger partial charge in [-0.15, -0.1) is 0 Å². The fraction of sp³-hybridized carbons (Fsp3) is 1.00. The number of likely N-dealkylation sites (N-methyl/N-ethyl adjacent to an activating group) is 1. The second-order valence-corrected chi connectivity index (χ2v) is 4.89. The van der Waals surface area contributed by atoms with Crippen molar-refractivity contribution in [2.24, 2.45) is 11.7 Å². The van der Waals surface area contributed by atoms with Gasteiger partial charge in [-0.25, -0.2) is 0 Å². The van der Waals surface area contributed by atoms with Crippen LogP contribution in [0, 0.1) is 5.92 Å². The second-order valence-electron chi connectivity index (χ2n) is 4.89. The monoisotopic (exact) mass is 244 g/mol. The molecule has 0 aromatic rings. The third kappa shape index (κ3) is 4.21. The first-order valence-corrected chi connectivity index (χ1v) is 6.77. The van der Waals surface area contributed by atoms with Crippen LogP contribution in [0.1, 0.15) is 26.7 Å². The average molecular weight is 244 g/mol. The average Bonchev–Trinajstić information content (AvgIpc) is 2.37. The summed E-state index contributed by atoms with van der Waals surface area (Å²) in [5.74, 6) is 0.674. The lowest BCUT2D eigenvalue weighted by Crippen LogP contribution is -2.52. The molecule has 4 nitrogen and oxygen atoms in total. The topological polar surface area (TPSA) is 47.7 Å². The molecule has 0 aromatic heterocycles. The highest BCUT2D eigenvalue weighted by Gasteiger charge is 2.29. The number of hydrogen-bond acceptors (Lipinski definition) is 4. The summed E-state index contributed by atoms with van der Waals surface area (Å²) in [6, 6.07) is 0.899. The summed E-state index contributed by atoms with van der Waals surface area (Å²) in [5, 5.41) is 0. The van der Waals surface area contributed by atoms with Crippen LogP contribution >= 0.6 is 0 Å². The zero-order valence-electron chi connectivity index (χ0n) is 11.5. The van der Waals surface area contributed by atoms with Crippen molar-refractivity contribution in [1.29, 1.82) is 0 Å². The minimum Gasteiger partial charge on any atom is -0.383 e. The predicted molar refractivity (Wildman–Crippen MR) is 70.1 cm³/mol. The van der Waals surface area contributed by atoms with Crippen LogP contribution in [0.5, 0.6) is 0 Å². The summed E-state index contributed by atoms with van der Waals surface area (Å²) in [7, 11) is 1.76. The fourth-order valence-corrected chi connectivity index (χ4v) is 2.91. The first kappa shape index (κ1) is 14.9. The number of nitrogens with two attached hydrogens (primary N) is 1. The Morgan fingerprint density at radius 3 is 2.53 bits per heavy atom. The fourth-order valence-electron chi connectivity index (χ4n) is 2.91. The molecule has 2 unspecified atom stereocenters. The Morgan fingerprint density at radius 1 is 1.41 bits per heavy atom. The van der Waals surface area contributed by atoms with Crippen LogP contribution in [-0.4, -0.2) is 57.0 Å². The highest BCUT2D eigenvalue weighted by molar-refractivity contribution is 4.84. The molecule has 1 saturated heterocycles. The summed E-state index contributed by atoms with van der Waals surface area (Å²) >= 11 is 0. The third-order valence-corrected chi connectivity index (χ3v) is 3.82. The summed E-state index contributed by atoms with van der Waals surface area (Å²) in [6.07, 6.45) is 2.27. The Labute approximate surface area is 105 Å². The van der Waals surface area contributed by atoms with Crippen molar-refractivity contribution in [3.8, 4) is 0 Å². The van der Waals surface area contributed by atoms with Crippen LogP contribution in [0.25, 0.3) is 0 Å². The molecule has 0 saturated carbocycles. The van der Waals surface area contributed by atoms with Crippen LogP contribution in [0.2, 0.25) is 0 Å². The molecule has 1 rings (SSSR count). The smallest absolute Gasteiger partial charge is 0.0615 e. The largest absolute Gasteiger partial charge is 0.383 e. The molecule has 0 aromatic carbocycles. The van der Waals surface area contributed by atoms with E-state index in [1.54, 1.807) is 7.11 Å². The Morgan fingerprint density at radius 2 is 2.06 bits per heavy atom. The Bertz CT molecular complexity index is 196. The summed E-state index contributed by atoms with van der Waals surface area (Å²) in [5.41, 5.74) is 5.99. The second kappa shape index (κ2) is 8.03. The van der Waals surface area contributed by atoms with E-state index in [9.17, 15) is 0 Å². The lowest BCUT2D eigenvalue weighted by molar-refractivity contribution is 0.00487. The predicted octanol–water partition coefficient (Wildman–Crippen LogP) is 1.10. The summed E-state index contributed by atoms with van der Waals surface area (Å²) in [4.78, 5) is 2.49. The van der Waals surface area contributed by atoms with Crippen molar-refractivity contribution in [2.45, 2.75) is 38.8 Å². The van der Waals surface area contributed by atoms with Crippen molar-refractivity contribution in [3.05, 3.63) is 0 Å². The number of methoxy groups -OCH3 is 1. The van der Waals surface area contributed by atoms with Crippen LogP contribution in [-0.2, 0) is 9.47 Å². The lowest BCUT2D eigenvalue weighted by Gasteiger charge is -2.40. The van der Waals surface area contributed by atoms with E-state index in [1.807, 2.05) is 0 Å². The Balaban J connectivity index is 2.60. The highest BCUT2D eigenvalue weighted by Crippen LogP contribution is 2.23. The van der Waals surface area contributed by atoms with Crippen molar-refractivity contribution in [3.63, 3.8) is 0 Å². The minimum atomic E-state index is 0.432. The SMILES string of the molecule is CCN(C(C)COC)C(CN)C1CCOCC1. The Hall–Kier alpha value is -0.160. The van der Waals surface area contributed by atoms with Gasteiger partial charge in [0.15, 0.2) is 0 Å². The molecular weight excluding hydrogens is 216 g/mol. The molecule has 1 fully saturated rings. The van der Waals surface area contributed by atoms with E-state index in [4.69, 9.17) is 15.2 Å². The zero-order chi connectivity index (χ0) is 12.7. The van der Waals surface area contributed by atoms with Gasteiger partial charge >= 0.3 is 0 Å². The first-order chi connectivity index (χ1) is 8.24. The molecule has 0 radical (unpaired) electrons. The quantitative estimate of drug-likeness (QED) is 0.728. The molecule has 102 valence electrons. The molecule has 1 heterocycles. The van der Waals surface area contributed by atoms with Crippen molar-refractivity contribution in [1.82, 2.24) is 4.90 Å². The zero-order valence-corrected chi connectivity index (χ0v) is 11.5. The maximum atomic E-state index is 5.99. The van der Waals surface area contributed by atoms with Gasteiger partial charge < -0.3 is 15.2 Å². The maximum absolute atomic E-state index is 5.99. The minimum absolute atomic E-state index is 0.432. The number of hydrogen-bond donors (Lipinski definition) is 1. The van der Waals surface area contributed by atoms with E-state index in [0.29, 0.717) is 18.0 Å². The normalized spacial score (nSPS) is 21.7. The van der Waals surface area contributed by atoms with Gasteiger partial charge in [0, 0.05) is 39.0 Å². The number of rotatable bonds is 7. The molecule has 0 spiro atoms. The van der Waals surface area contributed by atoms with Gasteiger partial charge in [-0.1, -0.05) is 6.92 Å². The number of nitrogens with zero attached hydrogens (tertiary/aromatic N) is 1. The van der Waals surface area contributed by atoms with Crippen LogP contribution < -0.4 is 5.73 Å². The van der Waals surface area contributed by atoms with Crippen LogP contribution in [0.15, 0.2) is 0 Å². The van der Waals surface area contributed by atoms with Crippen molar-refractivity contribution in [2.75, 3.05) is 40.0 Å². The van der Waals surface area contributed by atoms with Crippen molar-refractivity contribution < 1.29 is 9.47 Å². The molecule has 1 aliphatic heterocycles. The standard InChI is InChI=1S/C13H28N2O2/c1-4-15(11(2)10-16-3)13(9-14)12-5-7-17-8-6-12/h11-13H,4-10,14H2,1-3H3. The summed E-state index contributed by atoms with van der Waals surface area (Å²) < 4.78 is 10.7. The molecular formula is C13H28N2O2. The van der Waals surface area contributed by atoms with E-state index in [1.165, 1.54) is 0 Å². The van der Waals surface area contributed by atoms with Crippen LogP contribution in [0.4, 0.5) is 0 Å². The van der Waals surface area contributed by atoms with Crippen LogP contribution in [0.3, 0.4) is 0 Å². The maximum Gasteiger partial charge on any atom is 0.0615 e. The molecule has 0 bridgehead atoms. The lowest BCUT2D eigenvalue weighted by atomic mass is 9.90. The molecule has 0 aliphatic carbocycles. The van der Waals surface area contributed by atoms with E-state index in [0.717, 1.165) is 45.8 Å². The molecule has 0 amide bonds. The van der Waals surface area contributed by atoms with E-state index < -0.39 is 0 Å². The molecule has 4 heteroatoms. The van der Waals surface area contributed by atoms with Gasteiger partial charge in [0.1, 0.15) is 0 Å². The van der Waals surface area contributed by atoms with Gasteiger partial charge in [-0.3, -0.25) is 4.90 Å². The summed E-state index contributed by atoms with van der Waals surface area (Å²) in [6.45, 7) is 8.72. The highest BCUT2D eigenvalue weighted by atomic mass is 16.5. The van der Waals surface area contributed by atoms with E-state index in [2.05, 4.69) is 18.7 Å². The van der Waals surface area contributed by atoms with Gasteiger partial charge in [-0.05, 0) is 32.2 Å². The van der Waals surface area contributed by atoms with Gasteiger partial charge in [0.25, 0.3) is 0 Å².